The quantitative estimate of drug-likeness (QED) is 0.389. The van der Waals surface area contributed by atoms with E-state index in [1.807, 2.05) is 24.3 Å². The number of hydrogen-bond donors (Lipinski definition) is 2. The minimum Gasteiger partial charge on any atom is -0.494 e. The van der Waals surface area contributed by atoms with E-state index in [1.165, 1.54) is 6.08 Å². The van der Waals surface area contributed by atoms with Gasteiger partial charge in [0.25, 0.3) is 0 Å². The number of nitrogens with one attached hydrogen (secondary N) is 2. The number of halogens is 1. The zero-order valence-electron chi connectivity index (χ0n) is 15.4. The molecule has 0 aliphatic carbocycles. The fourth-order valence-electron chi connectivity index (χ4n) is 2.34. The van der Waals surface area contributed by atoms with Gasteiger partial charge < -0.3 is 10.1 Å². The molecule has 0 heterocycles. The van der Waals surface area contributed by atoms with Crippen molar-refractivity contribution in [3.05, 3.63) is 71.2 Å². The molecule has 0 fully saturated rings. The summed E-state index contributed by atoms with van der Waals surface area (Å²) < 4.78 is 32.6. The van der Waals surface area contributed by atoms with E-state index in [-0.39, 0.29) is 18.2 Å². The van der Waals surface area contributed by atoms with Crippen molar-refractivity contribution in [2.75, 3.05) is 18.5 Å². The van der Waals surface area contributed by atoms with E-state index < -0.39 is 10.0 Å². The summed E-state index contributed by atoms with van der Waals surface area (Å²) in [5.41, 5.74) is 1.26. The van der Waals surface area contributed by atoms with Crippen LogP contribution in [-0.4, -0.2) is 27.5 Å². The van der Waals surface area contributed by atoms with Gasteiger partial charge in [0.2, 0.25) is 15.9 Å². The molecule has 0 bridgehead atoms. The first kappa shape index (κ1) is 22.1. The Bertz CT molecular complexity index is 899. The van der Waals surface area contributed by atoms with Gasteiger partial charge >= 0.3 is 0 Å². The molecule has 0 aliphatic rings. The van der Waals surface area contributed by atoms with E-state index in [0.717, 1.165) is 10.2 Å². The summed E-state index contributed by atoms with van der Waals surface area (Å²) in [6, 6.07) is 14.3. The highest BCUT2D eigenvalue weighted by molar-refractivity contribution is 9.10. The molecule has 0 saturated carbocycles. The second-order valence-electron chi connectivity index (χ2n) is 6.05. The summed E-state index contributed by atoms with van der Waals surface area (Å²) in [5.74, 6) is 0.510. The van der Waals surface area contributed by atoms with E-state index in [2.05, 4.69) is 32.5 Å². The Hall–Kier alpha value is -2.16. The molecule has 2 N–H and O–H groups in total. The Morgan fingerprint density at radius 3 is 2.61 bits per heavy atom. The normalized spacial score (nSPS) is 11.0. The van der Waals surface area contributed by atoms with Crippen molar-refractivity contribution in [1.82, 2.24) is 4.72 Å². The molecule has 2 aromatic carbocycles. The van der Waals surface area contributed by atoms with Gasteiger partial charge in [-0.3, -0.25) is 4.79 Å². The average Bonchev–Trinajstić information content (AvgIpc) is 2.65. The third-order valence-electron chi connectivity index (χ3n) is 3.65. The Morgan fingerprint density at radius 2 is 1.93 bits per heavy atom. The lowest BCUT2D eigenvalue weighted by molar-refractivity contribution is -0.116. The van der Waals surface area contributed by atoms with E-state index in [0.29, 0.717) is 30.7 Å². The SMILES string of the molecule is C=CCNS(=O)(=O)Cc1ccc(NC(=O)CCCOc2cccc(Br)c2)cc1. The molecule has 0 unspecified atom stereocenters. The van der Waals surface area contributed by atoms with Crippen LogP contribution in [0.3, 0.4) is 0 Å². The van der Waals surface area contributed by atoms with Crippen molar-refractivity contribution >= 4 is 37.5 Å². The van der Waals surface area contributed by atoms with Gasteiger partial charge in [-0.1, -0.05) is 40.2 Å². The van der Waals surface area contributed by atoms with Gasteiger partial charge in [0.05, 0.1) is 12.4 Å². The first-order valence-corrected chi connectivity index (χ1v) is 11.2. The van der Waals surface area contributed by atoms with Crippen LogP contribution in [0.15, 0.2) is 65.7 Å². The smallest absolute Gasteiger partial charge is 0.224 e. The molecule has 0 aromatic heterocycles. The molecule has 0 spiro atoms. The molecule has 1 amide bonds. The maximum Gasteiger partial charge on any atom is 0.224 e. The molecular formula is C20H23BrN2O4S. The van der Waals surface area contributed by atoms with Crippen LogP contribution < -0.4 is 14.8 Å². The highest BCUT2D eigenvalue weighted by atomic mass is 79.9. The lowest BCUT2D eigenvalue weighted by atomic mass is 10.2. The molecule has 150 valence electrons. The van der Waals surface area contributed by atoms with E-state index in [4.69, 9.17) is 4.74 Å². The largest absolute Gasteiger partial charge is 0.494 e. The molecule has 6 nitrogen and oxygen atoms in total. The molecule has 8 heteroatoms. The zero-order valence-corrected chi connectivity index (χ0v) is 17.8. The highest BCUT2D eigenvalue weighted by Gasteiger charge is 2.10. The summed E-state index contributed by atoms with van der Waals surface area (Å²) in [7, 11) is -3.40. The minimum absolute atomic E-state index is 0.120. The Labute approximate surface area is 174 Å². The van der Waals surface area contributed by atoms with Crippen molar-refractivity contribution in [2.24, 2.45) is 0 Å². The maximum atomic E-state index is 12.0. The van der Waals surface area contributed by atoms with Crippen molar-refractivity contribution < 1.29 is 17.9 Å². The fourth-order valence-corrected chi connectivity index (χ4v) is 3.83. The van der Waals surface area contributed by atoms with Crippen molar-refractivity contribution in [2.45, 2.75) is 18.6 Å². The first-order chi connectivity index (χ1) is 13.4. The number of rotatable bonds is 11. The van der Waals surface area contributed by atoms with Gasteiger partial charge in [-0.25, -0.2) is 13.1 Å². The number of carbonyl (C=O) groups excluding carboxylic acids is 1. The summed E-state index contributed by atoms with van der Waals surface area (Å²) in [6.45, 7) is 4.12. The van der Waals surface area contributed by atoms with Crippen LogP contribution in [0, 0.1) is 0 Å². The summed E-state index contributed by atoms with van der Waals surface area (Å²) >= 11 is 3.38. The third kappa shape index (κ3) is 8.24. The van der Waals surface area contributed by atoms with Crippen LogP contribution >= 0.6 is 15.9 Å². The van der Waals surface area contributed by atoms with Crippen LogP contribution in [0.4, 0.5) is 5.69 Å². The van der Waals surface area contributed by atoms with Crippen LogP contribution in [0.1, 0.15) is 18.4 Å². The second-order valence-corrected chi connectivity index (χ2v) is 8.77. The summed E-state index contributed by atoms with van der Waals surface area (Å²) in [4.78, 5) is 12.0. The van der Waals surface area contributed by atoms with E-state index in [9.17, 15) is 13.2 Å². The number of sulfonamides is 1. The summed E-state index contributed by atoms with van der Waals surface area (Å²) in [6.07, 6.45) is 2.40. The minimum atomic E-state index is -3.40. The van der Waals surface area contributed by atoms with Crippen LogP contribution in [0.2, 0.25) is 0 Å². The number of benzene rings is 2. The molecule has 28 heavy (non-hydrogen) atoms. The number of ether oxygens (including phenoxy) is 1. The predicted molar refractivity (Wildman–Crippen MR) is 115 cm³/mol. The van der Waals surface area contributed by atoms with E-state index in [1.54, 1.807) is 24.3 Å². The van der Waals surface area contributed by atoms with Gasteiger partial charge in [-0.05, 0) is 42.3 Å². The molecule has 2 rings (SSSR count). The summed E-state index contributed by atoms with van der Waals surface area (Å²) in [5, 5.41) is 2.79. The fraction of sp³-hybridized carbons (Fsp3) is 0.250. The predicted octanol–water partition coefficient (Wildman–Crippen LogP) is 3.85. The topological polar surface area (TPSA) is 84.5 Å². The monoisotopic (exact) mass is 466 g/mol. The van der Waals surface area contributed by atoms with Gasteiger partial charge in [-0.2, -0.15) is 0 Å². The standard InChI is InChI=1S/C20H23BrN2O4S/c1-2-12-22-28(25,26)15-16-8-10-18(11-9-16)23-20(24)7-4-13-27-19-6-3-5-17(21)14-19/h2-3,5-6,8-11,14,22H,1,4,7,12-13,15H2,(H,23,24). The molecule has 0 aliphatic heterocycles. The first-order valence-electron chi connectivity index (χ1n) is 8.73. The van der Waals surface area contributed by atoms with E-state index >= 15 is 0 Å². The molecule has 0 saturated heterocycles. The van der Waals surface area contributed by atoms with Gasteiger partial charge in [0.15, 0.2) is 0 Å². The second kappa shape index (κ2) is 11.0. The van der Waals surface area contributed by atoms with Gasteiger partial charge in [0, 0.05) is 23.1 Å². The lowest BCUT2D eigenvalue weighted by Crippen LogP contribution is -2.25. The Morgan fingerprint density at radius 1 is 1.18 bits per heavy atom. The molecule has 2 aromatic rings. The van der Waals surface area contributed by atoms with Crippen LogP contribution in [0.25, 0.3) is 0 Å². The number of anilines is 1. The Kier molecular flexibility index (Phi) is 8.69. The zero-order chi connectivity index (χ0) is 20.4. The number of carbonyl (C=O) groups is 1. The van der Waals surface area contributed by atoms with Crippen molar-refractivity contribution in [3.63, 3.8) is 0 Å². The molecular weight excluding hydrogens is 444 g/mol. The lowest BCUT2D eigenvalue weighted by Gasteiger charge is -2.09. The highest BCUT2D eigenvalue weighted by Crippen LogP contribution is 2.18. The Balaban J connectivity index is 1.74. The third-order valence-corrected chi connectivity index (χ3v) is 5.47. The molecule has 0 atom stereocenters. The average molecular weight is 467 g/mol. The molecule has 0 radical (unpaired) electrons. The number of hydrogen-bond acceptors (Lipinski definition) is 4. The number of amides is 1. The maximum absolute atomic E-state index is 12.0. The van der Waals surface area contributed by atoms with Crippen molar-refractivity contribution in [1.29, 1.82) is 0 Å². The van der Waals surface area contributed by atoms with Gasteiger partial charge in [0.1, 0.15) is 5.75 Å². The van der Waals surface area contributed by atoms with Gasteiger partial charge in [-0.15, -0.1) is 6.58 Å². The van der Waals surface area contributed by atoms with Crippen LogP contribution in [-0.2, 0) is 20.6 Å². The van der Waals surface area contributed by atoms with Crippen LogP contribution in [0.5, 0.6) is 5.75 Å². The van der Waals surface area contributed by atoms with Crippen molar-refractivity contribution in [3.8, 4) is 5.75 Å².